The Bertz CT molecular complexity index is 843. The summed E-state index contributed by atoms with van der Waals surface area (Å²) in [6.07, 6.45) is 3.99. The number of hydrogen-bond donors (Lipinski definition) is 0. The maximum Gasteiger partial charge on any atom is 0.270 e. The molecule has 0 amide bonds. The van der Waals surface area contributed by atoms with E-state index >= 15 is 0 Å². The highest BCUT2D eigenvalue weighted by Crippen LogP contribution is 2.31. The van der Waals surface area contributed by atoms with Crippen LogP contribution in [0.5, 0.6) is 0 Å². The average molecular weight is 361 g/mol. The van der Waals surface area contributed by atoms with Crippen LogP contribution in [0.25, 0.3) is 16.6 Å². The van der Waals surface area contributed by atoms with Gasteiger partial charge in [-0.25, -0.2) is 13.8 Å². The molecule has 3 rings (SSSR count). The van der Waals surface area contributed by atoms with E-state index < -0.39 is 5.92 Å². The zero-order valence-corrected chi connectivity index (χ0v) is 16.4. The zero-order valence-electron chi connectivity index (χ0n) is 16.4. The fourth-order valence-corrected chi connectivity index (χ4v) is 3.13. The van der Waals surface area contributed by atoms with Crippen molar-refractivity contribution in [2.45, 2.75) is 53.4 Å². The van der Waals surface area contributed by atoms with Crippen LogP contribution < -0.4 is 4.90 Å². The van der Waals surface area contributed by atoms with Crippen molar-refractivity contribution in [3.05, 3.63) is 42.1 Å². The Hall–Kier alpha value is -2.17. The average Bonchev–Trinajstić information content (AvgIpc) is 3.11. The summed E-state index contributed by atoms with van der Waals surface area (Å²) in [5.41, 5.74) is 2.46. The highest BCUT2D eigenvalue weighted by atomic mass is 19.3. The molecule has 0 saturated carbocycles. The standard InChI is InChI=1S/C19H23F2N3.C2H6/c1-4-10-23(11-5-2)18-17-7-6-12-24(17)16-9-8-14(19(3,20)21)13-15(16)22-18;1-2/h6-9,12-13H,4-5,10-11H2,1-3H3;1-2H3. The van der Waals surface area contributed by atoms with E-state index in [-0.39, 0.29) is 5.56 Å². The van der Waals surface area contributed by atoms with E-state index in [1.807, 2.05) is 36.6 Å². The fraction of sp³-hybridized carbons (Fsp3) is 0.476. The van der Waals surface area contributed by atoms with Crippen molar-refractivity contribution in [3.63, 3.8) is 0 Å². The first-order valence-electron chi connectivity index (χ1n) is 9.49. The molecule has 0 atom stereocenters. The fourth-order valence-electron chi connectivity index (χ4n) is 3.13. The molecule has 3 aromatic rings. The van der Waals surface area contributed by atoms with Crippen LogP contribution in [0.4, 0.5) is 14.6 Å². The number of hydrogen-bond acceptors (Lipinski definition) is 2. The van der Waals surface area contributed by atoms with E-state index in [0.29, 0.717) is 5.52 Å². The van der Waals surface area contributed by atoms with Crippen LogP contribution >= 0.6 is 0 Å². The second-order valence-corrected chi connectivity index (χ2v) is 6.28. The van der Waals surface area contributed by atoms with Gasteiger partial charge >= 0.3 is 0 Å². The molecule has 0 unspecified atom stereocenters. The third-order valence-electron chi connectivity index (χ3n) is 4.23. The highest BCUT2D eigenvalue weighted by Gasteiger charge is 2.25. The van der Waals surface area contributed by atoms with Gasteiger partial charge in [-0.3, -0.25) is 0 Å². The molecule has 1 aromatic carbocycles. The molecule has 2 aromatic heterocycles. The Balaban J connectivity index is 0.00000117. The van der Waals surface area contributed by atoms with Gasteiger partial charge in [0.05, 0.1) is 16.6 Å². The van der Waals surface area contributed by atoms with Crippen molar-refractivity contribution in [1.82, 2.24) is 9.38 Å². The summed E-state index contributed by atoms with van der Waals surface area (Å²) in [5.74, 6) is -2.00. The van der Waals surface area contributed by atoms with Crippen LogP contribution in [0, 0.1) is 0 Å². The van der Waals surface area contributed by atoms with E-state index in [4.69, 9.17) is 4.98 Å². The van der Waals surface area contributed by atoms with E-state index in [2.05, 4.69) is 18.7 Å². The highest BCUT2D eigenvalue weighted by molar-refractivity contribution is 5.85. The number of rotatable bonds is 6. The summed E-state index contributed by atoms with van der Waals surface area (Å²) in [7, 11) is 0. The number of anilines is 1. The molecule has 142 valence electrons. The molecule has 26 heavy (non-hydrogen) atoms. The Morgan fingerprint density at radius 2 is 1.69 bits per heavy atom. The Morgan fingerprint density at radius 1 is 1.04 bits per heavy atom. The molecule has 0 N–H and O–H groups in total. The van der Waals surface area contributed by atoms with Crippen molar-refractivity contribution in [1.29, 1.82) is 0 Å². The zero-order chi connectivity index (χ0) is 19.3. The second-order valence-electron chi connectivity index (χ2n) is 6.28. The van der Waals surface area contributed by atoms with Crippen molar-refractivity contribution < 1.29 is 8.78 Å². The van der Waals surface area contributed by atoms with Gasteiger partial charge in [-0.05, 0) is 37.1 Å². The van der Waals surface area contributed by atoms with Crippen molar-refractivity contribution in [3.8, 4) is 0 Å². The van der Waals surface area contributed by atoms with Crippen LogP contribution in [0.15, 0.2) is 36.5 Å². The van der Waals surface area contributed by atoms with Crippen LogP contribution in [0.2, 0.25) is 0 Å². The molecule has 0 aliphatic heterocycles. The number of fused-ring (bicyclic) bond motifs is 3. The summed E-state index contributed by atoms with van der Waals surface area (Å²) in [6.45, 7) is 11.0. The van der Waals surface area contributed by atoms with Crippen molar-refractivity contribution in [2.75, 3.05) is 18.0 Å². The number of aromatic nitrogens is 2. The third-order valence-corrected chi connectivity index (χ3v) is 4.23. The third kappa shape index (κ3) is 3.97. The lowest BCUT2D eigenvalue weighted by atomic mass is 10.1. The quantitative estimate of drug-likeness (QED) is 0.517. The van der Waals surface area contributed by atoms with Gasteiger partial charge in [0.15, 0.2) is 5.82 Å². The molecule has 0 radical (unpaired) electrons. The monoisotopic (exact) mass is 361 g/mol. The molecule has 0 bridgehead atoms. The van der Waals surface area contributed by atoms with Gasteiger partial charge in [-0.1, -0.05) is 33.8 Å². The van der Waals surface area contributed by atoms with E-state index in [9.17, 15) is 8.78 Å². The van der Waals surface area contributed by atoms with Crippen LogP contribution in [-0.4, -0.2) is 22.5 Å². The van der Waals surface area contributed by atoms with Gasteiger partial charge in [0, 0.05) is 31.8 Å². The predicted octanol–water partition coefficient (Wildman–Crippen LogP) is 6.25. The van der Waals surface area contributed by atoms with Gasteiger partial charge in [-0.15, -0.1) is 0 Å². The molecular formula is C21H29F2N3. The second kappa shape index (κ2) is 8.47. The summed E-state index contributed by atoms with van der Waals surface area (Å²) in [6, 6.07) is 8.73. The molecule has 0 aliphatic carbocycles. The molecule has 2 heterocycles. The number of alkyl halides is 2. The normalized spacial score (nSPS) is 11.5. The first-order valence-corrected chi connectivity index (χ1v) is 9.49. The summed E-state index contributed by atoms with van der Waals surface area (Å²) < 4.78 is 29.4. The maximum absolute atomic E-state index is 13.7. The van der Waals surface area contributed by atoms with E-state index in [0.717, 1.165) is 49.7 Å². The lowest BCUT2D eigenvalue weighted by Crippen LogP contribution is -2.26. The summed E-state index contributed by atoms with van der Waals surface area (Å²) in [5, 5.41) is 0. The lowest BCUT2D eigenvalue weighted by molar-refractivity contribution is 0.0176. The molecule has 0 saturated heterocycles. The van der Waals surface area contributed by atoms with Gasteiger partial charge in [0.1, 0.15) is 0 Å². The molecule has 0 spiro atoms. The number of benzene rings is 1. The van der Waals surface area contributed by atoms with Gasteiger partial charge in [0.25, 0.3) is 5.92 Å². The first-order chi connectivity index (χ1) is 12.5. The summed E-state index contributed by atoms with van der Waals surface area (Å²) >= 11 is 0. The Labute approximate surface area is 154 Å². The van der Waals surface area contributed by atoms with Crippen LogP contribution in [0.1, 0.15) is 53.0 Å². The largest absolute Gasteiger partial charge is 0.355 e. The minimum atomic E-state index is -2.87. The lowest BCUT2D eigenvalue weighted by Gasteiger charge is -2.24. The van der Waals surface area contributed by atoms with E-state index in [1.54, 1.807) is 6.07 Å². The predicted molar refractivity (Wildman–Crippen MR) is 106 cm³/mol. The molecule has 3 nitrogen and oxygen atoms in total. The molecule has 0 aliphatic rings. The Morgan fingerprint density at radius 3 is 2.27 bits per heavy atom. The maximum atomic E-state index is 13.7. The Kier molecular flexibility index (Phi) is 6.57. The minimum Gasteiger partial charge on any atom is -0.355 e. The minimum absolute atomic E-state index is 0.00232. The van der Waals surface area contributed by atoms with Crippen molar-refractivity contribution >= 4 is 22.4 Å². The van der Waals surface area contributed by atoms with Gasteiger partial charge < -0.3 is 9.30 Å². The topological polar surface area (TPSA) is 20.5 Å². The summed E-state index contributed by atoms with van der Waals surface area (Å²) in [4.78, 5) is 7.00. The van der Waals surface area contributed by atoms with Crippen molar-refractivity contribution in [2.24, 2.45) is 0 Å². The molecular weight excluding hydrogens is 332 g/mol. The number of halogens is 2. The molecule has 5 heteroatoms. The van der Waals surface area contributed by atoms with E-state index in [1.165, 1.54) is 12.1 Å². The smallest absolute Gasteiger partial charge is 0.270 e. The van der Waals surface area contributed by atoms with Crippen LogP contribution in [-0.2, 0) is 5.92 Å². The molecule has 0 fully saturated rings. The van der Waals surface area contributed by atoms with Crippen LogP contribution in [0.3, 0.4) is 0 Å². The van der Waals surface area contributed by atoms with Gasteiger partial charge in [-0.2, -0.15) is 0 Å². The number of nitrogens with zero attached hydrogens (tertiary/aromatic N) is 3. The SMILES string of the molecule is CC.CCCN(CCC)c1nc2cc(C(C)(F)F)ccc2n2cccc12. The van der Waals surface area contributed by atoms with Gasteiger partial charge in [0.2, 0.25) is 0 Å². The first kappa shape index (κ1) is 20.1.